The molecule has 0 saturated carbocycles. The van der Waals surface area contributed by atoms with Gasteiger partial charge in [0.1, 0.15) is 23.5 Å². The zero-order valence-electron chi connectivity index (χ0n) is 18.3. The topological polar surface area (TPSA) is 116 Å². The van der Waals surface area contributed by atoms with Crippen LogP contribution in [0.15, 0.2) is 24.3 Å². The lowest BCUT2D eigenvalue weighted by Crippen LogP contribution is -2.59. The predicted octanol–water partition coefficient (Wildman–Crippen LogP) is 2.16. The molecule has 3 rings (SSSR count). The summed E-state index contributed by atoms with van der Waals surface area (Å²) in [5, 5.41) is 14.1. The van der Waals surface area contributed by atoms with E-state index in [0.29, 0.717) is 12.0 Å². The number of nitrogens with one attached hydrogen (secondary N) is 2. The van der Waals surface area contributed by atoms with Crippen LogP contribution in [0.2, 0.25) is 0 Å². The molecule has 0 bridgehead atoms. The maximum Gasteiger partial charge on any atom is 0.325 e. The fourth-order valence-electron chi connectivity index (χ4n) is 4.10. The minimum absolute atomic E-state index is 0.192. The SMILES string of the molecule is CC[C@H](C)[C@H](NC(=O)[C@H]1N2C(=O)c3ccccc3[C@@H]2SC1(C)C)C(=O)N[C@@H](C)C(=O)O. The van der Waals surface area contributed by atoms with Crippen LogP contribution in [0.25, 0.3) is 0 Å². The van der Waals surface area contributed by atoms with Crippen molar-refractivity contribution in [1.82, 2.24) is 15.5 Å². The van der Waals surface area contributed by atoms with E-state index in [9.17, 15) is 19.2 Å². The highest BCUT2D eigenvalue weighted by atomic mass is 32.2. The van der Waals surface area contributed by atoms with Crippen molar-refractivity contribution in [3.05, 3.63) is 35.4 Å². The first-order chi connectivity index (χ1) is 14.5. The van der Waals surface area contributed by atoms with Gasteiger partial charge in [-0.15, -0.1) is 11.8 Å². The average Bonchev–Trinajstić information content (AvgIpc) is 3.14. The van der Waals surface area contributed by atoms with E-state index in [1.165, 1.54) is 6.92 Å². The molecule has 0 unspecified atom stereocenters. The number of rotatable bonds is 7. The minimum atomic E-state index is -1.15. The van der Waals surface area contributed by atoms with Gasteiger partial charge in [0.25, 0.3) is 5.91 Å². The predicted molar refractivity (Wildman–Crippen MR) is 117 cm³/mol. The number of nitrogens with zero attached hydrogens (tertiary/aromatic N) is 1. The average molecular weight is 448 g/mol. The molecule has 3 N–H and O–H groups in total. The number of carbonyl (C=O) groups is 4. The molecule has 1 saturated heterocycles. The summed E-state index contributed by atoms with van der Waals surface area (Å²) in [6.07, 6.45) is 0.610. The number of carbonyl (C=O) groups excluding carboxylic acids is 3. The molecule has 1 fully saturated rings. The Hall–Kier alpha value is -2.55. The molecule has 1 aromatic carbocycles. The van der Waals surface area contributed by atoms with E-state index in [1.54, 1.807) is 28.8 Å². The number of carboxylic acids is 1. The zero-order valence-corrected chi connectivity index (χ0v) is 19.2. The summed E-state index contributed by atoms with van der Waals surface area (Å²) in [6.45, 7) is 8.92. The largest absolute Gasteiger partial charge is 0.480 e. The summed E-state index contributed by atoms with van der Waals surface area (Å²) in [5.74, 6) is -2.52. The van der Waals surface area contributed by atoms with E-state index in [4.69, 9.17) is 5.11 Å². The number of hydrogen-bond donors (Lipinski definition) is 3. The summed E-state index contributed by atoms with van der Waals surface area (Å²) in [6, 6.07) is 4.61. The third kappa shape index (κ3) is 4.15. The van der Waals surface area contributed by atoms with Gasteiger partial charge in [-0.1, -0.05) is 38.5 Å². The first-order valence-corrected chi connectivity index (χ1v) is 11.3. The molecule has 5 atom stereocenters. The molecule has 9 heteroatoms. The second-order valence-electron chi connectivity index (χ2n) is 8.72. The number of thioether (sulfide) groups is 1. The molecule has 2 aliphatic heterocycles. The molecule has 8 nitrogen and oxygen atoms in total. The van der Waals surface area contributed by atoms with E-state index < -0.39 is 40.7 Å². The van der Waals surface area contributed by atoms with Crippen molar-refractivity contribution >= 4 is 35.5 Å². The van der Waals surface area contributed by atoms with Crippen molar-refractivity contribution in [1.29, 1.82) is 0 Å². The van der Waals surface area contributed by atoms with Gasteiger partial charge in [0.05, 0.1) is 0 Å². The van der Waals surface area contributed by atoms with Gasteiger partial charge in [0.15, 0.2) is 0 Å². The maximum absolute atomic E-state index is 13.4. The standard InChI is InChI=1S/C22H29N3O5S/c1-6-11(2)15(17(26)23-12(3)21(29)30)24-18(27)16-22(4,5)31-20-14-10-8-7-9-13(14)19(28)25(16)20/h7-12,15-16,20H,6H2,1-5H3,(H,23,26)(H,24,27)(H,29,30)/t11-,12-,15-,16+,20-/m0/s1. The van der Waals surface area contributed by atoms with Crippen LogP contribution >= 0.6 is 11.8 Å². The van der Waals surface area contributed by atoms with E-state index in [2.05, 4.69) is 10.6 Å². The fourth-order valence-corrected chi connectivity index (χ4v) is 5.69. The second-order valence-corrected chi connectivity index (χ2v) is 10.5. The van der Waals surface area contributed by atoms with Gasteiger partial charge in [0.2, 0.25) is 11.8 Å². The molecule has 168 valence electrons. The van der Waals surface area contributed by atoms with Crippen LogP contribution in [0.1, 0.15) is 62.3 Å². The minimum Gasteiger partial charge on any atom is -0.480 e. The van der Waals surface area contributed by atoms with Gasteiger partial charge in [-0.2, -0.15) is 0 Å². The summed E-state index contributed by atoms with van der Waals surface area (Å²) in [5.41, 5.74) is 1.49. The molecule has 2 heterocycles. The first-order valence-electron chi connectivity index (χ1n) is 10.4. The Labute approximate surface area is 186 Å². The lowest BCUT2D eigenvalue weighted by Gasteiger charge is -2.32. The van der Waals surface area contributed by atoms with Crippen LogP contribution in [-0.4, -0.2) is 56.6 Å². The molecular weight excluding hydrogens is 418 g/mol. The highest BCUT2D eigenvalue weighted by Crippen LogP contribution is 2.56. The van der Waals surface area contributed by atoms with Crippen LogP contribution < -0.4 is 10.6 Å². The van der Waals surface area contributed by atoms with Crippen LogP contribution in [0.4, 0.5) is 0 Å². The van der Waals surface area contributed by atoms with E-state index in [-0.39, 0.29) is 17.2 Å². The molecule has 0 radical (unpaired) electrons. The molecule has 0 aliphatic carbocycles. The number of carboxylic acid groups (broad SMARTS) is 1. The van der Waals surface area contributed by atoms with Crippen LogP contribution in [0.5, 0.6) is 0 Å². The van der Waals surface area contributed by atoms with Crippen molar-refractivity contribution in [3.63, 3.8) is 0 Å². The summed E-state index contributed by atoms with van der Waals surface area (Å²) in [4.78, 5) is 52.0. The molecule has 3 amide bonds. The number of fused-ring (bicyclic) bond motifs is 3. The Balaban J connectivity index is 1.85. The zero-order chi connectivity index (χ0) is 23.1. The Morgan fingerprint density at radius 1 is 1.19 bits per heavy atom. The highest BCUT2D eigenvalue weighted by Gasteiger charge is 2.57. The molecule has 31 heavy (non-hydrogen) atoms. The third-order valence-corrected chi connectivity index (χ3v) is 7.60. The first kappa shape index (κ1) is 23.1. The van der Waals surface area contributed by atoms with Crippen molar-refractivity contribution in [3.8, 4) is 0 Å². The van der Waals surface area contributed by atoms with Crippen LogP contribution in [-0.2, 0) is 14.4 Å². The second kappa shape index (κ2) is 8.53. The molecule has 0 aromatic heterocycles. The monoisotopic (exact) mass is 447 g/mol. The Kier molecular flexibility index (Phi) is 6.36. The fraction of sp³-hybridized carbons (Fsp3) is 0.545. The normalized spacial score (nSPS) is 24.0. The van der Waals surface area contributed by atoms with Gasteiger partial charge in [-0.3, -0.25) is 19.2 Å². The van der Waals surface area contributed by atoms with Gasteiger partial charge >= 0.3 is 5.97 Å². The summed E-state index contributed by atoms with van der Waals surface area (Å²) in [7, 11) is 0. The van der Waals surface area contributed by atoms with Crippen molar-refractivity contribution in [2.75, 3.05) is 0 Å². The number of aliphatic carboxylic acids is 1. The summed E-state index contributed by atoms with van der Waals surface area (Å²) >= 11 is 1.55. The third-order valence-electron chi connectivity index (χ3n) is 6.07. The Morgan fingerprint density at radius 2 is 1.84 bits per heavy atom. The lowest BCUT2D eigenvalue weighted by atomic mass is 9.95. The van der Waals surface area contributed by atoms with Crippen LogP contribution in [0, 0.1) is 5.92 Å². The number of amides is 3. The maximum atomic E-state index is 13.4. The number of benzene rings is 1. The highest BCUT2D eigenvalue weighted by molar-refractivity contribution is 8.01. The van der Waals surface area contributed by atoms with Crippen molar-refractivity contribution < 1.29 is 24.3 Å². The van der Waals surface area contributed by atoms with Gasteiger partial charge < -0.3 is 20.6 Å². The van der Waals surface area contributed by atoms with E-state index in [0.717, 1.165) is 5.56 Å². The van der Waals surface area contributed by atoms with Gasteiger partial charge in [-0.05, 0) is 38.3 Å². The molecule has 1 aromatic rings. The molecular formula is C22H29N3O5S. The lowest BCUT2D eigenvalue weighted by molar-refractivity contribution is -0.142. The number of hydrogen-bond acceptors (Lipinski definition) is 5. The molecule has 2 aliphatic rings. The van der Waals surface area contributed by atoms with Crippen molar-refractivity contribution in [2.24, 2.45) is 5.92 Å². The molecule has 0 spiro atoms. The summed E-state index contributed by atoms with van der Waals surface area (Å²) < 4.78 is -0.567. The smallest absolute Gasteiger partial charge is 0.325 e. The van der Waals surface area contributed by atoms with Gasteiger partial charge in [-0.25, -0.2) is 0 Å². The van der Waals surface area contributed by atoms with Crippen LogP contribution in [0.3, 0.4) is 0 Å². The van der Waals surface area contributed by atoms with E-state index in [1.807, 2.05) is 39.8 Å². The quantitative estimate of drug-likeness (QED) is 0.590. The van der Waals surface area contributed by atoms with Gasteiger partial charge in [0, 0.05) is 10.3 Å². The van der Waals surface area contributed by atoms with E-state index >= 15 is 0 Å². The Morgan fingerprint density at radius 3 is 2.45 bits per heavy atom. The Bertz CT molecular complexity index is 918. The van der Waals surface area contributed by atoms with Crippen molar-refractivity contribution in [2.45, 2.75) is 69.3 Å².